The fraction of sp³-hybridized carbons (Fsp3) is 0.682. The molecule has 0 aromatic carbocycles. The lowest BCUT2D eigenvalue weighted by Gasteiger charge is -2.31. The first kappa shape index (κ1) is 28.7. The molecule has 12 nitrogen and oxygen atoms in total. The van der Waals surface area contributed by atoms with Crippen LogP contribution in [-0.2, 0) is 34.9 Å². The third-order valence-corrected chi connectivity index (χ3v) is 6.99. The van der Waals surface area contributed by atoms with Crippen molar-refractivity contribution in [1.82, 2.24) is 24.6 Å². The van der Waals surface area contributed by atoms with Gasteiger partial charge in [-0.1, -0.05) is 6.92 Å². The standard InChI is InChI=1S/C22H37N6O6P/c1-8-9-32-20(30)22(6,7)27-35(31,11-16(29)34-21(3,4)5)14-33-15(2)10-28-13-26-17-18(23)24-12-25-19(17)28/h12-13,15H,8-11,14H2,1-7H3,(H,27,31)(H2,23,24,25)/t15-,35?/m1/s1. The van der Waals surface area contributed by atoms with Gasteiger partial charge in [0.2, 0.25) is 0 Å². The Hall–Kier alpha value is -2.56. The van der Waals surface area contributed by atoms with Gasteiger partial charge in [0, 0.05) is 0 Å². The van der Waals surface area contributed by atoms with E-state index in [4.69, 9.17) is 19.9 Å². The van der Waals surface area contributed by atoms with Crippen molar-refractivity contribution in [1.29, 1.82) is 0 Å². The van der Waals surface area contributed by atoms with E-state index in [1.807, 2.05) is 6.92 Å². The number of carbonyl (C=O) groups excluding carboxylic acids is 2. The molecule has 0 aliphatic carbocycles. The van der Waals surface area contributed by atoms with Crippen LogP contribution in [0.1, 0.15) is 54.9 Å². The average Bonchev–Trinajstić information content (AvgIpc) is 3.12. The van der Waals surface area contributed by atoms with Gasteiger partial charge in [0.1, 0.15) is 35.5 Å². The number of nitrogens with zero attached hydrogens (tertiary/aromatic N) is 4. The SMILES string of the molecule is CCCOC(=O)C(C)(C)NP(=O)(CO[C@H](C)Cn1cnc2c(N)ncnc21)CC(=O)OC(C)(C)C. The van der Waals surface area contributed by atoms with Crippen molar-refractivity contribution in [3.63, 3.8) is 0 Å². The molecule has 0 aliphatic rings. The molecule has 0 bridgehead atoms. The maximum absolute atomic E-state index is 13.9. The van der Waals surface area contributed by atoms with Crippen LogP contribution in [0.3, 0.4) is 0 Å². The van der Waals surface area contributed by atoms with Crippen molar-refractivity contribution in [3.05, 3.63) is 12.7 Å². The molecular formula is C22H37N6O6P. The van der Waals surface area contributed by atoms with Crippen molar-refractivity contribution < 1.29 is 28.4 Å². The monoisotopic (exact) mass is 512 g/mol. The first-order valence-electron chi connectivity index (χ1n) is 11.5. The van der Waals surface area contributed by atoms with Crippen molar-refractivity contribution in [2.45, 2.75) is 78.7 Å². The number of esters is 2. The number of nitrogens with one attached hydrogen (secondary N) is 1. The van der Waals surface area contributed by atoms with Crippen LogP contribution < -0.4 is 10.8 Å². The summed E-state index contributed by atoms with van der Waals surface area (Å²) in [5.74, 6) is -0.959. The van der Waals surface area contributed by atoms with Crippen LogP contribution in [0.15, 0.2) is 12.7 Å². The molecule has 2 heterocycles. The van der Waals surface area contributed by atoms with Crippen molar-refractivity contribution in [2.24, 2.45) is 0 Å². The van der Waals surface area contributed by atoms with Crippen molar-refractivity contribution >= 4 is 36.2 Å². The van der Waals surface area contributed by atoms with E-state index in [2.05, 4.69) is 20.0 Å². The third-order valence-electron chi connectivity index (χ3n) is 4.69. The lowest BCUT2D eigenvalue weighted by Crippen LogP contribution is -2.47. The number of nitrogens with two attached hydrogens (primary N) is 1. The lowest BCUT2D eigenvalue weighted by molar-refractivity contribution is -0.152. The minimum absolute atomic E-state index is 0.237. The molecule has 0 aliphatic heterocycles. The second-order valence-electron chi connectivity index (χ2n) is 9.94. The number of carbonyl (C=O) groups is 2. The summed E-state index contributed by atoms with van der Waals surface area (Å²) in [5, 5.41) is 2.85. The van der Waals surface area contributed by atoms with Crippen LogP contribution in [-0.4, -0.2) is 67.8 Å². The van der Waals surface area contributed by atoms with E-state index in [0.717, 1.165) is 0 Å². The molecular weight excluding hydrogens is 475 g/mol. The normalized spacial score (nSPS) is 14.9. The zero-order valence-corrected chi connectivity index (χ0v) is 22.4. The van der Waals surface area contributed by atoms with Crippen LogP contribution in [0, 0.1) is 0 Å². The molecule has 2 atom stereocenters. The van der Waals surface area contributed by atoms with E-state index in [0.29, 0.717) is 24.1 Å². The number of ether oxygens (including phenoxy) is 3. The fourth-order valence-corrected chi connectivity index (χ4v) is 5.56. The molecule has 0 saturated carbocycles. The Bertz CT molecular complexity index is 1080. The van der Waals surface area contributed by atoms with Crippen LogP contribution in [0.4, 0.5) is 5.82 Å². The van der Waals surface area contributed by atoms with Crippen LogP contribution in [0.2, 0.25) is 0 Å². The van der Waals surface area contributed by atoms with Gasteiger partial charge < -0.3 is 29.1 Å². The van der Waals surface area contributed by atoms with Gasteiger partial charge in [0.15, 0.2) is 18.8 Å². The number of aromatic nitrogens is 4. The van der Waals surface area contributed by atoms with Gasteiger partial charge in [-0.3, -0.25) is 9.59 Å². The number of hydrogen-bond acceptors (Lipinski definition) is 10. The summed E-state index contributed by atoms with van der Waals surface area (Å²) in [6, 6.07) is 0. The van der Waals surface area contributed by atoms with Crippen LogP contribution in [0.25, 0.3) is 11.2 Å². The topological polar surface area (TPSA) is 161 Å². The van der Waals surface area contributed by atoms with Gasteiger partial charge in [-0.05, 0) is 48.0 Å². The summed E-state index contributed by atoms with van der Waals surface area (Å²) in [6.07, 6.45) is 2.38. The quantitative estimate of drug-likeness (QED) is 0.318. The van der Waals surface area contributed by atoms with E-state index in [1.54, 1.807) is 52.4 Å². The van der Waals surface area contributed by atoms with E-state index in [1.165, 1.54) is 6.33 Å². The second kappa shape index (κ2) is 11.5. The summed E-state index contributed by atoms with van der Waals surface area (Å²) in [4.78, 5) is 37.4. The lowest BCUT2D eigenvalue weighted by atomic mass is 10.1. The minimum atomic E-state index is -3.59. The van der Waals surface area contributed by atoms with E-state index < -0.39 is 42.6 Å². The zero-order chi connectivity index (χ0) is 26.4. The summed E-state index contributed by atoms with van der Waals surface area (Å²) in [5.41, 5.74) is 4.79. The van der Waals surface area contributed by atoms with Gasteiger partial charge in [-0.25, -0.2) is 20.0 Å². The maximum Gasteiger partial charge on any atom is 0.326 e. The highest BCUT2D eigenvalue weighted by molar-refractivity contribution is 7.62. The average molecular weight is 513 g/mol. The Morgan fingerprint density at radius 3 is 2.51 bits per heavy atom. The molecule has 0 amide bonds. The first-order chi connectivity index (χ1) is 16.2. The Kier molecular flexibility index (Phi) is 9.38. The van der Waals surface area contributed by atoms with E-state index in [9.17, 15) is 14.2 Å². The highest BCUT2D eigenvalue weighted by atomic mass is 31.2. The molecule has 0 radical (unpaired) electrons. The Balaban J connectivity index is 2.15. The number of anilines is 1. The largest absolute Gasteiger partial charge is 0.464 e. The van der Waals surface area contributed by atoms with Gasteiger partial charge in [0.05, 0.1) is 25.6 Å². The highest BCUT2D eigenvalue weighted by Crippen LogP contribution is 2.44. The molecule has 2 aromatic rings. The molecule has 196 valence electrons. The summed E-state index contributed by atoms with van der Waals surface area (Å²) < 4.78 is 32.1. The number of imidazole rings is 1. The molecule has 1 unspecified atom stereocenters. The van der Waals surface area contributed by atoms with Crippen LogP contribution in [0.5, 0.6) is 0 Å². The molecule has 35 heavy (non-hydrogen) atoms. The van der Waals surface area contributed by atoms with Gasteiger partial charge in [0.25, 0.3) is 0 Å². The molecule has 13 heteroatoms. The number of fused-ring (bicyclic) bond motifs is 1. The highest BCUT2D eigenvalue weighted by Gasteiger charge is 2.39. The van der Waals surface area contributed by atoms with E-state index in [-0.39, 0.29) is 18.8 Å². The predicted octanol–water partition coefficient (Wildman–Crippen LogP) is 2.71. The number of nitrogen functional groups attached to an aromatic ring is 1. The number of rotatable bonds is 12. The Morgan fingerprint density at radius 2 is 1.89 bits per heavy atom. The van der Waals surface area contributed by atoms with Crippen molar-refractivity contribution in [3.8, 4) is 0 Å². The van der Waals surface area contributed by atoms with Gasteiger partial charge in [-0.15, -0.1) is 0 Å². The minimum Gasteiger partial charge on any atom is -0.464 e. The predicted molar refractivity (Wildman–Crippen MR) is 132 cm³/mol. The molecule has 2 aromatic heterocycles. The Morgan fingerprint density at radius 1 is 1.20 bits per heavy atom. The second-order valence-corrected chi connectivity index (χ2v) is 12.5. The molecule has 0 fully saturated rings. The first-order valence-corrected chi connectivity index (χ1v) is 13.5. The smallest absolute Gasteiger partial charge is 0.326 e. The van der Waals surface area contributed by atoms with Gasteiger partial charge >= 0.3 is 11.9 Å². The molecule has 3 N–H and O–H groups in total. The molecule has 0 saturated heterocycles. The maximum atomic E-state index is 13.9. The summed E-state index contributed by atoms with van der Waals surface area (Å²) in [6.45, 7) is 12.5. The van der Waals surface area contributed by atoms with Gasteiger partial charge in [-0.2, -0.15) is 0 Å². The zero-order valence-electron chi connectivity index (χ0n) is 21.5. The summed E-state index contributed by atoms with van der Waals surface area (Å²) >= 11 is 0. The fourth-order valence-electron chi connectivity index (χ4n) is 3.24. The summed E-state index contributed by atoms with van der Waals surface area (Å²) in [7, 11) is -3.59. The number of hydrogen-bond donors (Lipinski definition) is 2. The van der Waals surface area contributed by atoms with Crippen LogP contribution >= 0.6 is 7.29 Å². The van der Waals surface area contributed by atoms with E-state index >= 15 is 0 Å². The third kappa shape index (κ3) is 8.55. The molecule has 2 rings (SSSR count). The Labute approximate surface area is 205 Å². The molecule has 0 spiro atoms. The van der Waals surface area contributed by atoms with Crippen molar-refractivity contribution in [2.75, 3.05) is 24.9 Å².